The van der Waals surface area contributed by atoms with Crippen molar-refractivity contribution in [1.82, 2.24) is 0 Å². The summed E-state index contributed by atoms with van der Waals surface area (Å²) in [5, 5.41) is 0. The van der Waals surface area contributed by atoms with Gasteiger partial charge in [-0.25, -0.2) is 0 Å². The molecule has 1 aromatic rings. The van der Waals surface area contributed by atoms with Gasteiger partial charge in [0.1, 0.15) is 0 Å². The number of anilines is 1. The third-order valence-electron chi connectivity index (χ3n) is 5.14. The van der Waals surface area contributed by atoms with Crippen molar-refractivity contribution in [3.05, 3.63) is 29.8 Å². The summed E-state index contributed by atoms with van der Waals surface area (Å²) in [5.74, 6) is 0.207. The van der Waals surface area contributed by atoms with Gasteiger partial charge in [0.05, 0.1) is 0 Å². The first-order valence-corrected chi connectivity index (χ1v) is 8.28. The van der Waals surface area contributed by atoms with E-state index in [1.54, 1.807) is 0 Å². The number of carbonyl (C=O) groups excluding carboxylic acids is 1. The predicted octanol–water partition coefficient (Wildman–Crippen LogP) is 3.41. The molecule has 1 aromatic carbocycles. The van der Waals surface area contributed by atoms with Gasteiger partial charge in [0.15, 0.2) is 0 Å². The fourth-order valence-electron chi connectivity index (χ4n) is 3.89. The zero-order chi connectivity index (χ0) is 14.9. The van der Waals surface area contributed by atoms with Crippen LogP contribution in [0.4, 0.5) is 5.69 Å². The maximum absolute atomic E-state index is 12.9. The SMILES string of the molecule is CC1CCc2ccccc2N1C(=O)CC1(N)CCCCC1. The molecule has 1 heterocycles. The maximum Gasteiger partial charge on any atom is 0.229 e. The van der Waals surface area contributed by atoms with Crippen molar-refractivity contribution in [2.24, 2.45) is 5.73 Å². The molecular formula is C18H26N2O. The van der Waals surface area contributed by atoms with Gasteiger partial charge in [0.2, 0.25) is 5.91 Å². The lowest BCUT2D eigenvalue weighted by atomic mass is 9.79. The highest BCUT2D eigenvalue weighted by Crippen LogP contribution is 2.34. The minimum Gasteiger partial charge on any atom is -0.325 e. The lowest BCUT2D eigenvalue weighted by Crippen LogP contribution is -2.50. The lowest BCUT2D eigenvalue weighted by molar-refractivity contribution is -0.120. The molecule has 0 radical (unpaired) electrons. The van der Waals surface area contributed by atoms with Crippen LogP contribution < -0.4 is 10.6 Å². The fourth-order valence-corrected chi connectivity index (χ4v) is 3.89. The minimum absolute atomic E-state index is 0.207. The highest BCUT2D eigenvalue weighted by Gasteiger charge is 2.35. The molecule has 3 nitrogen and oxygen atoms in total. The van der Waals surface area contributed by atoms with Crippen molar-refractivity contribution < 1.29 is 4.79 Å². The van der Waals surface area contributed by atoms with Crippen molar-refractivity contribution in [1.29, 1.82) is 0 Å². The van der Waals surface area contributed by atoms with Crippen molar-refractivity contribution in [3.8, 4) is 0 Å². The molecule has 0 spiro atoms. The van der Waals surface area contributed by atoms with Gasteiger partial charge in [-0.2, -0.15) is 0 Å². The highest BCUT2D eigenvalue weighted by atomic mass is 16.2. The Hall–Kier alpha value is -1.35. The molecular weight excluding hydrogens is 260 g/mol. The van der Waals surface area contributed by atoms with E-state index >= 15 is 0 Å². The molecule has 1 unspecified atom stereocenters. The molecule has 1 amide bonds. The predicted molar refractivity (Wildman–Crippen MR) is 86.3 cm³/mol. The second-order valence-electron chi connectivity index (χ2n) is 6.88. The summed E-state index contributed by atoms with van der Waals surface area (Å²) < 4.78 is 0. The molecule has 2 N–H and O–H groups in total. The summed E-state index contributed by atoms with van der Waals surface area (Å²) in [6, 6.07) is 8.58. The van der Waals surface area contributed by atoms with Crippen LogP contribution in [0.5, 0.6) is 0 Å². The Morgan fingerprint density at radius 3 is 2.76 bits per heavy atom. The van der Waals surface area contributed by atoms with Crippen LogP contribution in [-0.2, 0) is 11.2 Å². The Morgan fingerprint density at radius 1 is 1.29 bits per heavy atom. The van der Waals surface area contributed by atoms with E-state index in [1.165, 1.54) is 12.0 Å². The summed E-state index contributed by atoms with van der Waals surface area (Å²) in [6.45, 7) is 2.15. The quantitative estimate of drug-likeness (QED) is 0.905. The summed E-state index contributed by atoms with van der Waals surface area (Å²) in [5.41, 5.74) is 8.60. The molecule has 1 aliphatic heterocycles. The first-order valence-electron chi connectivity index (χ1n) is 8.28. The van der Waals surface area contributed by atoms with Crippen LogP contribution in [0.25, 0.3) is 0 Å². The summed E-state index contributed by atoms with van der Waals surface area (Å²) in [7, 11) is 0. The average molecular weight is 286 g/mol. The van der Waals surface area contributed by atoms with E-state index in [1.807, 2.05) is 11.0 Å². The van der Waals surface area contributed by atoms with Crippen molar-refractivity contribution in [2.75, 3.05) is 4.90 Å². The third-order valence-corrected chi connectivity index (χ3v) is 5.14. The van der Waals surface area contributed by atoms with Crippen LogP contribution in [-0.4, -0.2) is 17.5 Å². The Bertz CT molecular complexity index is 520. The molecule has 2 aliphatic rings. The number of aryl methyl sites for hydroxylation is 1. The number of benzene rings is 1. The second-order valence-corrected chi connectivity index (χ2v) is 6.88. The topological polar surface area (TPSA) is 46.3 Å². The standard InChI is InChI=1S/C18H26N2O/c1-14-9-10-15-7-3-4-8-16(15)20(14)17(21)13-18(19)11-5-2-6-12-18/h3-4,7-8,14H,2,5-6,9-13,19H2,1H3. The van der Waals surface area contributed by atoms with E-state index < -0.39 is 0 Å². The number of hydrogen-bond acceptors (Lipinski definition) is 2. The van der Waals surface area contributed by atoms with Gasteiger partial charge in [-0.05, 0) is 44.2 Å². The minimum atomic E-state index is -0.276. The molecule has 0 bridgehead atoms. The summed E-state index contributed by atoms with van der Waals surface area (Å²) in [4.78, 5) is 14.9. The number of rotatable bonds is 2. The Morgan fingerprint density at radius 2 is 2.00 bits per heavy atom. The molecule has 0 saturated heterocycles. The van der Waals surface area contributed by atoms with Gasteiger partial charge in [0.25, 0.3) is 0 Å². The van der Waals surface area contributed by atoms with E-state index in [4.69, 9.17) is 5.73 Å². The fraction of sp³-hybridized carbons (Fsp3) is 0.611. The van der Waals surface area contributed by atoms with Crippen molar-refractivity contribution >= 4 is 11.6 Å². The first-order chi connectivity index (χ1) is 10.1. The smallest absolute Gasteiger partial charge is 0.229 e. The molecule has 1 fully saturated rings. The van der Waals surface area contributed by atoms with E-state index in [-0.39, 0.29) is 17.5 Å². The second kappa shape index (κ2) is 5.80. The van der Waals surface area contributed by atoms with Crippen LogP contribution in [0, 0.1) is 0 Å². The van der Waals surface area contributed by atoms with Gasteiger partial charge in [-0.1, -0.05) is 37.5 Å². The van der Waals surface area contributed by atoms with E-state index in [9.17, 15) is 4.79 Å². The van der Waals surface area contributed by atoms with Crippen LogP contribution in [0.15, 0.2) is 24.3 Å². The number of nitrogens with zero attached hydrogens (tertiary/aromatic N) is 1. The summed E-state index contributed by atoms with van der Waals surface area (Å²) in [6.07, 6.45) is 8.16. The van der Waals surface area contributed by atoms with E-state index in [2.05, 4.69) is 25.1 Å². The third kappa shape index (κ3) is 2.98. The van der Waals surface area contributed by atoms with Crippen LogP contribution in [0.2, 0.25) is 0 Å². The molecule has 21 heavy (non-hydrogen) atoms. The first kappa shape index (κ1) is 14.6. The molecule has 114 valence electrons. The van der Waals surface area contributed by atoms with Crippen molar-refractivity contribution in [3.63, 3.8) is 0 Å². The van der Waals surface area contributed by atoms with Gasteiger partial charge >= 0.3 is 0 Å². The number of carbonyl (C=O) groups is 1. The van der Waals surface area contributed by atoms with E-state index in [0.717, 1.165) is 44.2 Å². The molecule has 1 atom stereocenters. The van der Waals surface area contributed by atoms with Gasteiger partial charge in [0, 0.05) is 23.7 Å². The number of hydrogen-bond donors (Lipinski definition) is 1. The van der Waals surface area contributed by atoms with Crippen LogP contribution in [0.1, 0.15) is 57.4 Å². The molecule has 0 aromatic heterocycles. The van der Waals surface area contributed by atoms with Gasteiger partial charge in [-0.3, -0.25) is 4.79 Å². The monoisotopic (exact) mass is 286 g/mol. The maximum atomic E-state index is 12.9. The number of fused-ring (bicyclic) bond motifs is 1. The molecule has 1 saturated carbocycles. The van der Waals surface area contributed by atoms with Crippen molar-refractivity contribution in [2.45, 2.75) is 69.9 Å². The largest absolute Gasteiger partial charge is 0.325 e. The number of para-hydroxylation sites is 1. The number of nitrogens with two attached hydrogens (primary N) is 1. The molecule has 1 aliphatic carbocycles. The molecule has 3 rings (SSSR count). The highest BCUT2D eigenvalue weighted by molar-refractivity contribution is 5.95. The number of amides is 1. The molecule has 3 heteroatoms. The summed E-state index contributed by atoms with van der Waals surface area (Å²) >= 11 is 0. The van der Waals surface area contributed by atoms with E-state index in [0.29, 0.717) is 6.42 Å². The lowest BCUT2D eigenvalue weighted by Gasteiger charge is -2.39. The van der Waals surface area contributed by atoms with Crippen LogP contribution >= 0.6 is 0 Å². The normalized spacial score (nSPS) is 24.5. The van der Waals surface area contributed by atoms with Gasteiger partial charge < -0.3 is 10.6 Å². The Labute approximate surface area is 127 Å². The zero-order valence-electron chi connectivity index (χ0n) is 13.0. The average Bonchev–Trinajstić information content (AvgIpc) is 2.47. The zero-order valence-corrected chi connectivity index (χ0v) is 13.0. The Kier molecular flexibility index (Phi) is 4.03. The Balaban J connectivity index is 1.80. The van der Waals surface area contributed by atoms with Gasteiger partial charge in [-0.15, -0.1) is 0 Å². The van der Waals surface area contributed by atoms with Crippen LogP contribution in [0.3, 0.4) is 0 Å².